The maximum atomic E-state index is 11.3. The number of fused-ring (bicyclic) bond motifs is 1. The van der Waals surface area contributed by atoms with Gasteiger partial charge in [0.1, 0.15) is 0 Å². The smallest absolute Gasteiger partial charge is 0.317 e. The molecule has 2 rings (SSSR count). The van der Waals surface area contributed by atoms with Crippen molar-refractivity contribution >= 4 is 10.1 Å². The normalized spacial score (nSPS) is 15.9. The van der Waals surface area contributed by atoms with Crippen molar-refractivity contribution in [2.45, 2.75) is 57.1 Å². The Hall–Kier alpha value is -0.880. The monoisotopic (exact) mass is 258 g/mol. The van der Waals surface area contributed by atoms with Gasteiger partial charge in [-0.1, -0.05) is 13.3 Å². The highest BCUT2D eigenvalue weighted by atomic mass is 32.2. The first-order chi connectivity index (χ1) is 8.04. The van der Waals surface area contributed by atoms with Crippen molar-refractivity contribution in [3.63, 3.8) is 0 Å². The van der Waals surface area contributed by atoms with Crippen molar-refractivity contribution < 1.29 is 13.0 Å². The molecule has 0 unspecified atom stereocenters. The number of aryl methyl sites for hydroxylation is 1. The molecule has 0 saturated carbocycles. The highest BCUT2D eigenvalue weighted by Gasteiger charge is 2.25. The summed E-state index contributed by atoms with van der Waals surface area (Å²) in [5, 5.41) is -0.169. The number of nitrogens with zero attached hydrogens (tertiary/aromatic N) is 2. The third-order valence-electron chi connectivity index (χ3n) is 3.16. The average molecular weight is 258 g/mol. The molecule has 1 aliphatic rings. The van der Waals surface area contributed by atoms with Gasteiger partial charge in [0, 0.05) is 12.2 Å². The topological polar surface area (TPSA) is 72.2 Å². The first kappa shape index (κ1) is 12.6. The van der Waals surface area contributed by atoms with Crippen LogP contribution in [0.25, 0.3) is 0 Å². The second-order valence-electron chi connectivity index (χ2n) is 4.48. The zero-order valence-electron chi connectivity index (χ0n) is 10.0. The molecule has 6 heteroatoms. The Morgan fingerprint density at radius 2 is 2.06 bits per heavy atom. The molecule has 96 valence electrons. The molecule has 1 heterocycles. The van der Waals surface area contributed by atoms with Crippen LogP contribution in [-0.4, -0.2) is 22.5 Å². The zero-order chi connectivity index (χ0) is 12.5. The molecule has 0 amide bonds. The van der Waals surface area contributed by atoms with Crippen molar-refractivity contribution in [2.24, 2.45) is 0 Å². The third kappa shape index (κ3) is 2.52. The third-order valence-corrected chi connectivity index (χ3v) is 3.94. The maximum Gasteiger partial charge on any atom is 0.328 e. The predicted molar refractivity (Wildman–Crippen MR) is 63.6 cm³/mol. The average Bonchev–Trinajstić information content (AvgIpc) is 2.65. The summed E-state index contributed by atoms with van der Waals surface area (Å²) in [4.78, 5) is 4.10. The Bertz CT molecular complexity index is 505. The molecule has 0 spiro atoms. The van der Waals surface area contributed by atoms with Crippen molar-refractivity contribution in [3.05, 3.63) is 11.4 Å². The fourth-order valence-electron chi connectivity index (χ4n) is 2.32. The van der Waals surface area contributed by atoms with Crippen LogP contribution in [-0.2, 0) is 29.5 Å². The first-order valence-corrected chi connectivity index (χ1v) is 7.53. The van der Waals surface area contributed by atoms with Crippen LogP contribution in [0.4, 0.5) is 0 Å². The van der Waals surface area contributed by atoms with E-state index in [1.807, 2.05) is 0 Å². The number of hydrogen-bond acceptors (Lipinski definition) is 3. The van der Waals surface area contributed by atoms with Crippen LogP contribution in [0.1, 0.15) is 44.0 Å². The van der Waals surface area contributed by atoms with Crippen LogP contribution in [0.5, 0.6) is 0 Å². The molecule has 5 nitrogen and oxygen atoms in total. The van der Waals surface area contributed by atoms with Gasteiger partial charge in [0.05, 0.1) is 5.69 Å². The summed E-state index contributed by atoms with van der Waals surface area (Å²) in [5.41, 5.74) is 1.84. The summed E-state index contributed by atoms with van der Waals surface area (Å²) in [5.74, 6) is 0. The van der Waals surface area contributed by atoms with Crippen LogP contribution in [0.15, 0.2) is 5.16 Å². The van der Waals surface area contributed by atoms with Crippen molar-refractivity contribution in [2.75, 3.05) is 0 Å². The Morgan fingerprint density at radius 3 is 2.71 bits per heavy atom. The molecule has 0 radical (unpaired) electrons. The van der Waals surface area contributed by atoms with Crippen LogP contribution in [0.2, 0.25) is 0 Å². The van der Waals surface area contributed by atoms with E-state index in [0.29, 0.717) is 6.54 Å². The molecule has 0 atom stereocenters. The number of aromatic nitrogens is 2. The van der Waals surface area contributed by atoms with Crippen molar-refractivity contribution in [3.8, 4) is 0 Å². The Labute approximate surface area is 102 Å². The molecule has 1 aliphatic carbocycles. The minimum atomic E-state index is -4.21. The molecule has 0 aliphatic heterocycles. The molecule has 0 aromatic carbocycles. The molecule has 0 saturated heterocycles. The molecule has 0 bridgehead atoms. The second-order valence-corrected chi connectivity index (χ2v) is 5.79. The molecular weight excluding hydrogens is 240 g/mol. The lowest BCUT2D eigenvalue weighted by molar-refractivity contribution is 0.455. The van der Waals surface area contributed by atoms with E-state index < -0.39 is 10.1 Å². The molecule has 1 aromatic rings. The largest absolute Gasteiger partial charge is 0.328 e. The van der Waals surface area contributed by atoms with E-state index in [0.717, 1.165) is 49.9 Å². The summed E-state index contributed by atoms with van der Waals surface area (Å²) in [6.45, 7) is 2.67. The van der Waals surface area contributed by atoms with Crippen molar-refractivity contribution in [1.82, 2.24) is 9.55 Å². The Kier molecular flexibility index (Phi) is 3.53. The van der Waals surface area contributed by atoms with Gasteiger partial charge in [-0.3, -0.25) is 4.55 Å². The van der Waals surface area contributed by atoms with E-state index in [2.05, 4.69) is 11.9 Å². The molecule has 17 heavy (non-hydrogen) atoms. The van der Waals surface area contributed by atoms with E-state index >= 15 is 0 Å². The predicted octanol–water partition coefficient (Wildman–Crippen LogP) is 1.81. The van der Waals surface area contributed by atoms with E-state index in [9.17, 15) is 13.0 Å². The maximum absolute atomic E-state index is 11.3. The van der Waals surface area contributed by atoms with Crippen LogP contribution in [0, 0.1) is 0 Å². The number of unbranched alkanes of at least 4 members (excludes halogenated alkanes) is 1. The first-order valence-electron chi connectivity index (χ1n) is 6.09. The number of imidazole rings is 1. The minimum absolute atomic E-state index is 0.169. The molecule has 1 aromatic heterocycles. The summed E-state index contributed by atoms with van der Waals surface area (Å²) in [6.07, 6.45) is 5.67. The number of hydrogen-bond donors (Lipinski definition) is 1. The summed E-state index contributed by atoms with van der Waals surface area (Å²) in [6, 6.07) is 0. The van der Waals surface area contributed by atoms with E-state index in [4.69, 9.17) is 0 Å². The van der Waals surface area contributed by atoms with E-state index in [1.165, 1.54) is 0 Å². The summed E-state index contributed by atoms with van der Waals surface area (Å²) < 4.78 is 33.5. The molecule has 1 N–H and O–H groups in total. The summed E-state index contributed by atoms with van der Waals surface area (Å²) >= 11 is 0. The van der Waals surface area contributed by atoms with Gasteiger partial charge in [-0.2, -0.15) is 8.42 Å². The fraction of sp³-hybridized carbons (Fsp3) is 0.727. The SMILES string of the molecule is CCCCn1c(S(=O)(=O)O)nc2c1CCCC2. The van der Waals surface area contributed by atoms with Gasteiger partial charge in [0.2, 0.25) is 0 Å². The highest BCUT2D eigenvalue weighted by Crippen LogP contribution is 2.24. The van der Waals surface area contributed by atoms with Gasteiger partial charge >= 0.3 is 10.1 Å². The van der Waals surface area contributed by atoms with Gasteiger partial charge < -0.3 is 4.57 Å². The quantitative estimate of drug-likeness (QED) is 0.836. The van der Waals surface area contributed by atoms with Crippen molar-refractivity contribution in [1.29, 1.82) is 0 Å². The van der Waals surface area contributed by atoms with Gasteiger partial charge in [-0.15, -0.1) is 0 Å². The molecular formula is C11H18N2O3S. The van der Waals surface area contributed by atoms with Crippen LogP contribution in [0.3, 0.4) is 0 Å². The van der Waals surface area contributed by atoms with E-state index in [1.54, 1.807) is 4.57 Å². The van der Waals surface area contributed by atoms with Gasteiger partial charge in [-0.05, 0) is 32.1 Å². The van der Waals surface area contributed by atoms with Gasteiger partial charge in [0.25, 0.3) is 5.16 Å². The van der Waals surface area contributed by atoms with E-state index in [-0.39, 0.29) is 5.16 Å². The lowest BCUT2D eigenvalue weighted by atomic mass is 10.0. The Balaban J connectivity index is 2.47. The van der Waals surface area contributed by atoms with Gasteiger partial charge in [0.15, 0.2) is 0 Å². The zero-order valence-corrected chi connectivity index (χ0v) is 10.8. The standard InChI is InChI=1S/C11H18N2O3S/c1-2-3-8-13-10-7-5-4-6-9(10)12-11(13)17(14,15)16/h2-8H2,1H3,(H,14,15,16). The fourth-order valence-corrected chi connectivity index (χ4v) is 3.03. The highest BCUT2D eigenvalue weighted by molar-refractivity contribution is 7.85. The summed E-state index contributed by atoms with van der Waals surface area (Å²) in [7, 11) is -4.21. The van der Waals surface area contributed by atoms with Crippen LogP contribution >= 0.6 is 0 Å². The van der Waals surface area contributed by atoms with Crippen LogP contribution < -0.4 is 0 Å². The van der Waals surface area contributed by atoms with Gasteiger partial charge in [-0.25, -0.2) is 4.98 Å². The lowest BCUT2D eigenvalue weighted by Gasteiger charge is -2.14. The Morgan fingerprint density at radius 1 is 1.35 bits per heavy atom. The lowest BCUT2D eigenvalue weighted by Crippen LogP contribution is -2.13. The number of rotatable bonds is 4. The second kappa shape index (κ2) is 4.78. The molecule has 0 fully saturated rings. The minimum Gasteiger partial charge on any atom is -0.317 e.